The van der Waals surface area contributed by atoms with Crippen LogP contribution < -0.4 is 14.8 Å². The Kier molecular flexibility index (Phi) is 12.2. The molecule has 2 aromatic rings. The highest BCUT2D eigenvalue weighted by Gasteiger charge is 2.23. The first-order chi connectivity index (χ1) is 13.7. The minimum absolute atomic E-state index is 0. The van der Waals surface area contributed by atoms with Crippen molar-refractivity contribution in [3.8, 4) is 11.5 Å². The third-order valence-corrected chi connectivity index (χ3v) is 5.42. The number of methoxy groups -OCH3 is 1. The van der Waals surface area contributed by atoms with Crippen molar-refractivity contribution in [3.63, 3.8) is 0 Å². The fraction of sp³-hybridized carbons (Fsp3) is 0.500. The van der Waals surface area contributed by atoms with Crippen molar-refractivity contribution >= 4 is 24.8 Å². The van der Waals surface area contributed by atoms with E-state index >= 15 is 0 Å². The first kappa shape index (κ1) is 26.6. The number of hydrogen-bond acceptors (Lipinski definition) is 4. The molecular formula is C24H36Cl2N2O2. The van der Waals surface area contributed by atoms with Gasteiger partial charge in [-0.2, -0.15) is 0 Å². The molecule has 0 aliphatic carbocycles. The molecule has 0 spiro atoms. The molecule has 1 aliphatic rings. The van der Waals surface area contributed by atoms with Gasteiger partial charge in [0.1, 0.15) is 6.61 Å². The van der Waals surface area contributed by atoms with Crippen molar-refractivity contribution in [2.75, 3.05) is 33.3 Å². The Balaban J connectivity index is 0.00000225. The third-order valence-electron chi connectivity index (χ3n) is 5.42. The molecule has 1 aliphatic heterocycles. The van der Waals surface area contributed by atoms with E-state index < -0.39 is 0 Å². The van der Waals surface area contributed by atoms with Crippen LogP contribution in [0.3, 0.4) is 0 Å². The van der Waals surface area contributed by atoms with Crippen molar-refractivity contribution in [1.29, 1.82) is 0 Å². The summed E-state index contributed by atoms with van der Waals surface area (Å²) in [5, 5.41) is 3.47. The lowest BCUT2D eigenvalue weighted by Gasteiger charge is -2.36. The Morgan fingerprint density at radius 3 is 2.27 bits per heavy atom. The molecule has 1 saturated heterocycles. The average molecular weight is 455 g/mol. The van der Waals surface area contributed by atoms with Crippen molar-refractivity contribution in [3.05, 3.63) is 59.7 Å². The first-order valence-electron chi connectivity index (χ1n) is 10.5. The topological polar surface area (TPSA) is 33.7 Å². The Morgan fingerprint density at radius 1 is 0.933 bits per heavy atom. The van der Waals surface area contributed by atoms with E-state index in [1.54, 1.807) is 7.11 Å². The van der Waals surface area contributed by atoms with Crippen LogP contribution in [0, 0.1) is 5.92 Å². The first-order valence-corrected chi connectivity index (χ1v) is 10.5. The number of rotatable bonds is 9. The number of hydrogen-bond donors (Lipinski definition) is 1. The van der Waals surface area contributed by atoms with Gasteiger partial charge in [0.15, 0.2) is 11.5 Å². The van der Waals surface area contributed by atoms with Crippen LogP contribution in [-0.2, 0) is 6.61 Å². The maximum atomic E-state index is 6.16. The van der Waals surface area contributed by atoms with Gasteiger partial charge in [-0.3, -0.25) is 4.90 Å². The predicted molar refractivity (Wildman–Crippen MR) is 130 cm³/mol. The van der Waals surface area contributed by atoms with Gasteiger partial charge in [0.25, 0.3) is 0 Å². The molecule has 1 fully saturated rings. The second kappa shape index (κ2) is 13.8. The van der Waals surface area contributed by atoms with Crippen molar-refractivity contribution in [2.24, 2.45) is 5.92 Å². The van der Waals surface area contributed by atoms with E-state index in [1.807, 2.05) is 18.2 Å². The summed E-state index contributed by atoms with van der Waals surface area (Å²) in [5.74, 6) is 2.33. The summed E-state index contributed by atoms with van der Waals surface area (Å²) < 4.78 is 11.7. The molecule has 1 heterocycles. The van der Waals surface area contributed by atoms with Gasteiger partial charge in [-0.05, 0) is 42.0 Å². The summed E-state index contributed by atoms with van der Waals surface area (Å²) >= 11 is 0. The lowest BCUT2D eigenvalue weighted by molar-refractivity contribution is 0.159. The number of piperazine rings is 1. The maximum Gasteiger partial charge on any atom is 0.161 e. The van der Waals surface area contributed by atoms with Gasteiger partial charge in [0, 0.05) is 32.2 Å². The van der Waals surface area contributed by atoms with Gasteiger partial charge in [-0.15, -0.1) is 24.8 Å². The van der Waals surface area contributed by atoms with E-state index in [-0.39, 0.29) is 24.8 Å². The monoisotopic (exact) mass is 454 g/mol. The summed E-state index contributed by atoms with van der Waals surface area (Å²) in [5.41, 5.74) is 2.49. The molecule has 1 atom stereocenters. The minimum Gasteiger partial charge on any atom is -0.493 e. The maximum absolute atomic E-state index is 6.16. The van der Waals surface area contributed by atoms with Crippen molar-refractivity contribution < 1.29 is 9.47 Å². The smallest absolute Gasteiger partial charge is 0.161 e. The van der Waals surface area contributed by atoms with Crippen molar-refractivity contribution in [1.82, 2.24) is 10.2 Å². The molecule has 30 heavy (non-hydrogen) atoms. The van der Waals surface area contributed by atoms with E-state index in [9.17, 15) is 0 Å². The predicted octanol–water partition coefficient (Wildman–Crippen LogP) is 5.50. The molecule has 4 nitrogen and oxygen atoms in total. The van der Waals surface area contributed by atoms with Crippen LogP contribution in [0.25, 0.3) is 0 Å². The van der Waals surface area contributed by atoms with E-state index in [0.717, 1.165) is 43.2 Å². The van der Waals surface area contributed by atoms with Crippen LogP contribution in [0.15, 0.2) is 48.5 Å². The quantitative estimate of drug-likeness (QED) is 0.542. The fourth-order valence-electron chi connectivity index (χ4n) is 3.79. The van der Waals surface area contributed by atoms with Crippen LogP contribution >= 0.6 is 24.8 Å². The molecule has 0 radical (unpaired) electrons. The number of ether oxygens (including phenoxy) is 2. The summed E-state index contributed by atoms with van der Waals surface area (Å²) in [6, 6.07) is 17.2. The van der Waals surface area contributed by atoms with Crippen LogP contribution in [0.2, 0.25) is 0 Å². The van der Waals surface area contributed by atoms with Gasteiger partial charge in [0.05, 0.1) is 7.11 Å². The fourth-order valence-corrected chi connectivity index (χ4v) is 3.79. The minimum atomic E-state index is 0. The molecule has 0 aromatic heterocycles. The molecule has 6 heteroatoms. The molecule has 0 unspecified atom stereocenters. The lowest BCUT2D eigenvalue weighted by atomic mass is 9.95. The summed E-state index contributed by atoms with van der Waals surface area (Å²) in [7, 11) is 1.71. The van der Waals surface area contributed by atoms with E-state index in [4.69, 9.17) is 9.47 Å². The third kappa shape index (κ3) is 7.66. The van der Waals surface area contributed by atoms with E-state index in [0.29, 0.717) is 18.6 Å². The molecule has 0 saturated carbocycles. The molecule has 2 aromatic carbocycles. The number of nitrogens with zero attached hydrogens (tertiary/aromatic N) is 1. The standard InChI is InChI=1S/C24H34N2O2.2ClH/c1-19(2)9-11-22(26-15-13-25-14-16-26)21-10-12-23(27-3)24(17-21)28-18-20-7-5-4-6-8-20;;/h4-8,10,12,17,19,22,25H,9,11,13-16,18H2,1-3H3;2*1H/t22-;;/m1../s1. The summed E-state index contributed by atoms with van der Waals surface area (Å²) in [6.45, 7) is 9.46. The van der Waals surface area contributed by atoms with Crippen LogP contribution in [-0.4, -0.2) is 38.2 Å². The average Bonchev–Trinajstić information content (AvgIpc) is 2.74. The van der Waals surface area contributed by atoms with Gasteiger partial charge >= 0.3 is 0 Å². The van der Waals surface area contributed by atoms with E-state index in [1.165, 1.54) is 18.4 Å². The highest BCUT2D eigenvalue weighted by molar-refractivity contribution is 5.85. The van der Waals surface area contributed by atoms with Gasteiger partial charge in [-0.1, -0.05) is 50.2 Å². The Bertz CT molecular complexity index is 722. The second-order valence-electron chi connectivity index (χ2n) is 7.96. The Morgan fingerprint density at radius 2 is 1.63 bits per heavy atom. The molecule has 0 bridgehead atoms. The molecular weight excluding hydrogens is 419 g/mol. The molecule has 3 rings (SSSR count). The van der Waals surface area contributed by atoms with Crippen LogP contribution in [0.4, 0.5) is 0 Å². The SMILES string of the molecule is COc1ccc([C@@H](CCC(C)C)N2CCNCC2)cc1OCc1ccccc1.Cl.Cl. The zero-order chi connectivity index (χ0) is 19.8. The zero-order valence-corrected chi connectivity index (χ0v) is 19.9. The molecule has 1 N–H and O–H groups in total. The van der Waals surface area contributed by atoms with Crippen LogP contribution in [0.5, 0.6) is 11.5 Å². The van der Waals surface area contributed by atoms with Gasteiger partial charge in [0.2, 0.25) is 0 Å². The van der Waals surface area contributed by atoms with Gasteiger partial charge < -0.3 is 14.8 Å². The largest absolute Gasteiger partial charge is 0.493 e. The number of nitrogens with one attached hydrogen (secondary N) is 1. The summed E-state index contributed by atoms with van der Waals surface area (Å²) in [4.78, 5) is 2.61. The normalized spacial score (nSPS) is 15.1. The molecule has 168 valence electrons. The molecule has 0 amide bonds. The Labute approximate surface area is 194 Å². The Hall–Kier alpha value is -1.46. The van der Waals surface area contributed by atoms with E-state index in [2.05, 4.69) is 54.4 Å². The summed E-state index contributed by atoms with van der Waals surface area (Å²) in [6.07, 6.45) is 2.39. The zero-order valence-electron chi connectivity index (χ0n) is 18.3. The number of benzene rings is 2. The lowest BCUT2D eigenvalue weighted by Crippen LogP contribution is -2.45. The number of halogens is 2. The highest BCUT2D eigenvalue weighted by atomic mass is 35.5. The van der Waals surface area contributed by atoms with Crippen LogP contribution in [0.1, 0.15) is 43.9 Å². The van der Waals surface area contributed by atoms with Crippen molar-refractivity contribution in [2.45, 2.75) is 39.3 Å². The second-order valence-corrected chi connectivity index (χ2v) is 7.96. The van der Waals surface area contributed by atoms with Gasteiger partial charge in [-0.25, -0.2) is 0 Å². The highest BCUT2D eigenvalue weighted by Crippen LogP contribution is 2.35.